The quantitative estimate of drug-likeness (QED) is 0.756. The molecule has 1 aliphatic heterocycles. The summed E-state index contributed by atoms with van der Waals surface area (Å²) in [7, 11) is 4.02. The van der Waals surface area contributed by atoms with Crippen LogP contribution in [0.3, 0.4) is 0 Å². The standard InChI is InChI=1S/C12H14N4/c1-13-12-15-10-6-5-9-8(4-3-7-14-9)11(10)16(12)2/h3-7,12-13,15H,1-2H3. The molecule has 3 rings (SSSR count). The summed E-state index contributed by atoms with van der Waals surface area (Å²) in [6.07, 6.45) is 1.98. The summed E-state index contributed by atoms with van der Waals surface area (Å²) in [6, 6.07) is 8.21. The molecule has 4 nitrogen and oxygen atoms in total. The predicted octanol–water partition coefficient (Wildman–Crippen LogP) is 1.60. The first-order valence-corrected chi connectivity index (χ1v) is 5.35. The van der Waals surface area contributed by atoms with Gasteiger partial charge in [-0.3, -0.25) is 10.3 Å². The van der Waals surface area contributed by atoms with E-state index in [1.54, 1.807) is 0 Å². The van der Waals surface area contributed by atoms with Gasteiger partial charge in [0.25, 0.3) is 0 Å². The molecular formula is C12H14N4. The molecule has 2 N–H and O–H groups in total. The van der Waals surface area contributed by atoms with Crippen LogP contribution in [-0.4, -0.2) is 25.4 Å². The van der Waals surface area contributed by atoms with E-state index in [2.05, 4.69) is 39.7 Å². The van der Waals surface area contributed by atoms with Crippen LogP contribution in [0.25, 0.3) is 10.9 Å². The van der Waals surface area contributed by atoms with Gasteiger partial charge in [0.1, 0.15) is 0 Å². The van der Waals surface area contributed by atoms with Gasteiger partial charge >= 0.3 is 0 Å². The van der Waals surface area contributed by atoms with Crippen LogP contribution >= 0.6 is 0 Å². The first-order valence-electron chi connectivity index (χ1n) is 5.35. The monoisotopic (exact) mass is 214 g/mol. The van der Waals surface area contributed by atoms with E-state index >= 15 is 0 Å². The van der Waals surface area contributed by atoms with Crippen LogP contribution in [0, 0.1) is 0 Å². The SMILES string of the molecule is CNC1Nc2ccc3ncccc3c2N1C. The van der Waals surface area contributed by atoms with E-state index in [1.807, 2.05) is 25.4 Å². The zero-order valence-corrected chi connectivity index (χ0v) is 9.36. The maximum absolute atomic E-state index is 4.37. The molecule has 1 aromatic carbocycles. The maximum Gasteiger partial charge on any atom is 0.155 e. The molecular weight excluding hydrogens is 200 g/mol. The van der Waals surface area contributed by atoms with E-state index in [-0.39, 0.29) is 6.29 Å². The minimum Gasteiger partial charge on any atom is -0.351 e. The molecule has 0 amide bonds. The average Bonchev–Trinajstić information content (AvgIpc) is 2.66. The summed E-state index contributed by atoms with van der Waals surface area (Å²) >= 11 is 0. The minimum absolute atomic E-state index is 0.154. The van der Waals surface area contributed by atoms with Gasteiger partial charge in [0.2, 0.25) is 0 Å². The Balaban J connectivity index is 2.25. The first kappa shape index (κ1) is 9.42. The van der Waals surface area contributed by atoms with E-state index in [0.717, 1.165) is 11.2 Å². The molecule has 1 atom stereocenters. The summed E-state index contributed by atoms with van der Waals surface area (Å²) in [5.74, 6) is 0. The van der Waals surface area contributed by atoms with Crippen molar-refractivity contribution < 1.29 is 0 Å². The Morgan fingerprint density at radius 1 is 1.38 bits per heavy atom. The highest BCUT2D eigenvalue weighted by atomic mass is 15.4. The van der Waals surface area contributed by atoms with Crippen molar-refractivity contribution in [2.75, 3.05) is 24.3 Å². The number of nitrogens with one attached hydrogen (secondary N) is 2. The number of benzene rings is 1. The molecule has 0 fully saturated rings. The summed E-state index contributed by atoms with van der Waals surface area (Å²) in [5, 5.41) is 7.82. The van der Waals surface area contributed by atoms with Gasteiger partial charge in [-0.1, -0.05) is 0 Å². The Morgan fingerprint density at radius 2 is 2.25 bits per heavy atom. The smallest absolute Gasteiger partial charge is 0.155 e. The number of anilines is 2. The Hall–Kier alpha value is -1.81. The molecule has 1 aliphatic rings. The summed E-state index contributed by atoms with van der Waals surface area (Å²) in [5.41, 5.74) is 3.40. The van der Waals surface area contributed by atoms with Gasteiger partial charge in [0, 0.05) is 18.6 Å². The Labute approximate surface area is 94.3 Å². The van der Waals surface area contributed by atoms with Crippen LogP contribution in [0.15, 0.2) is 30.5 Å². The fourth-order valence-electron chi connectivity index (χ4n) is 2.27. The lowest BCUT2D eigenvalue weighted by Gasteiger charge is -2.21. The molecule has 1 aromatic heterocycles. The number of rotatable bonds is 1. The van der Waals surface area contributed by atoms with Crippen molar-refractivity contribution in [3.05, 3.63) is 30.5 Å². The lowest BCUT2D eigenvalue weighted by Crippen LogP contribution is -2.43. The van der Waals surface area contributed by atoms with Crippen molar-refractivity contribution in [2.45, 2.75) is 6.29 Å². The van der Waals surface area contributed by atoms with Crippen LogP contribution in [0.4, 0.5) is 11.4 Å². The van der Waals surface area contributed by atoms with Gasteiger partial charge in [0.15, 0.2) is 6.29 Å². The maximum atomic E-state index is 4.37. The van der Waals surface area contributed by atoms with Crippen LogP contribution in [-0.2, 0) is 0 Å². The van der Waals surface area contributed by atoms with E-state index < -0.39 is 0 Å². The number of hydrogen-bond donors (Lipinski definition) is 2. The largest absolute Gasteiger partial charge is 0.351 e. The molecule has 0 bridgehead atoms. The lowest BCUT2D eigenvalue weighted by molar-refractivity contribution is 0.635. The molecule has 0 saturated heterocycles. The molecule has 0 saturated carbocycles. The first-order chi connectivity index (χ1) is 7.81. The third-order valence-electron chi connectivity index (χ3n) is 3.06. The van der Waals surface area contributed by atoms with Crippen molar-refractivity contribution in [3.8, 4) is 0 Å². The third-order valence-corrected chi connectivity index (χ3v) is 3.06. The van der Waals surface area contributed by atoms with E-state index in [4.69, 9.17) is 0 Å². The molecule has 16 heavy (non-hydrogen) atoms. The van der Waals surface area contributed by atoms with Gasteiger partial charge in [-0.05, 0) is 31.3 Å². The van der Waals surface area contributed by atoms with Crippen molar-refractivity contribution >= 4 is 22.3 Å². The summed E-state index contributed by atoms with van der Waals surface area (Å²) in [4.78, 5) is 6.56. The van der Waals surface area contributed by atoms with Gasteiger partial charge in [-0.25, -0.2) is 0 Å². The Bertz CT molecular complexity index is 538. The molecule has 2 heterocycles. The topological polar surface area (TPSA) is 40.2 Å². The highest BCUT2D eigenvalue weighted by molar-refractivity contribution is 6.00. The molecule has 0 spiro atoms. The molecule has 1 unspecified atom stereocenters. The molecule has 0 aliphatic carbocycles. The second-order valence-electron chi connectivity index (χ2n) is 3.98. The van der Waals surface area contributed by atoms with Crippen molar-refractivity contribution in [1.29, 1.82) is 0 Å². The van der Waals surface area contributed by atoms with Crippen LogP contribution in [0.2, 0.25) is 0 Å². The number of aromatic nitrogens is 1. The second kappa shape index (κ2) is 3.35. The predicted molar refractivity (Wildman–Crippen MR) is 66.6 cm³/mol. The van der Waals surface area contributed by atoms with Gasteiger partial charge in [0.05, 0.1) is 16.9 Å². The second-order valence-corrected chi connectivity index (χ2v) is 3.98. The lowest BCUT2D eigenvalue weighted by atomic mass is 10.1. The highest BCUT2D eigenvalue weighted by Crippen LogP contribution is 2.38. The zero-order valence-electron chi connectivity index (χ0n) is 9.36. The number of pyridine rings is 1. The van der Waals surface area contributed by atoms with Crippen LogP contribution in [0.1, 0.15) is 0 Å². The normalized spacial score (nSPS) is 18.6. The van der Waals surface area contributed by atoms with E-state index in [1.165, 1.54) is 11.1 Å². The van der Waals surface area contributed by atoms with Crippen LogP contribution < -0.4 is 15.5 Å². The molecule has 4 heteroatoms. The fraction of sp³-hybridized carbons (Fsp3) is 0.250. The average molecular weight is 214 g/mol. The van der Waals surface area contributed by atoms with Crippen LogP contribution in [0.5, 0.6) is 0 Å². The number of hydrogen-bond acceptors (Lipinski definition) is 4. The minimum atomic E-state index is 0.154. The number of fused-ring (bicyclic) bond motifs is 3. The van der Waals surface area contributed by atoms with Gasteiger partial charge < -0.3 is 10.2 Å². The fourth-order valence-corrected chi connectivity index (χ4v) is 2.27. The Morgan fingerprint density at radius 3 is 3.06 bits per heavy atom. The summed E-state index contributed by atoms with van der Waals surface area (Å²) in [6.45, 7) is 0. The van der Waals surface area contributed by atoms with Crippen molar-refractivity contribution in [2.24, 2.45) is 0 Å². The zero-order chi connectivity index (χ0) is 11.1. The van der Waals surface area contributed by atoms with E-state index in [9.17, 15) is 0 Å². The molecule has 82 valence electrons. The van der Waals surface area contributed by atoms with Gasteiger partial charge in [-0.15, -0.1) is 0 Å². The molecule has 2 aromatic rings. The third kappa shape index (κ3) is 1.17. The van der Waals surface area contributed by atoms with E-state index in [0.29, 0.717) is 0 Å². The summed E-state index contributed by atoms with van der Waals surface area (Å²) < 4.78 is 0. The Kier molecular flexibility index (Phi) is 1.97. The highest BCUT2D eigenvalue weighted by Gasteiger charge is 2.25. The number of nitrogens with zero attached hydrogens (tertiary/aromatic N) is 2. The molecule has 0 radical (unpaired) electrons. The van der Waals surface area contributed by atoms with Gasteiger partial charge in [-0.2, -0.15) is 0 Å². The van der Waals surface area contributed by atoms with Crippen molar-refractivity contribution in [1.82, 2.24) is 10.3 Å². The van der Waals surface area contributed by atoms with Crippen molar-refractivity contribution in [3.63, 3.8) is 0 Å².